The minimum atomic E-state index is -5.86. The van der Waals surface area contributed by atoms with Gasteiger partial charge in [-0.25, -0.2) is 9.59 Å². The van der Waals surface area contributed by atoms with Gasteiger partial charge in [-0.3, -0.25) is 10.2 Å². The van der Waals surface area contributed by atoms with Crippen LogP contribution in [0.2, 0.25) is 10.0 Å². The number of hydrogen-bond acceptors (Lipinski definition) is 9. The second-order valence-corrected chi connectivity index (χ2v) is 17.0. The number of alkyl halides is 3. The molecule has 0 bridgehead atoms. The van der Waals surface area contributed by atoms with Crippen LogP contribution in [0, 0.1) is 0 Å². The van der Waals surface area contributed by atoms with Crippen molar-refractivity contribution in [2.45, 2.75) is 82.8 Å². The molecule has 0 atom stereocenters. The molecule has 6 N–H and O–H groups in total. The molecule has 15 nitrogen and oxygen atoms in total. The highest BCUT2D eigenvalue weighted by molar-refractivity contribution is 7.88. The topological polar surface area (TPSA) is 206 Å². The Balaban J connectivity index is 0.000000170. The summed E-state index contributed by atoms with van der Waals surface area (Å²) in [5, 5.41) is 37.5. The zero-order valence-electron chi connectivity index (χ0n) is 32.8. The number of aromatic amines is 2. The van der Waals surface area contributed by atoms with E-state index in [9.17, 15) is 31.2 Å². The van der Waals surface area contributed by atoms with Crippen molar-refractivity contribution in [2.75, 3.05) is 23.7 Å². The van der Waals surface area contributed by atoms with Crippen LogP contribution in [0.5, 0.6) is 5.88 Å². The lowest BCUT2D eigenvalue weighted by molar-refractivity contribution is -0.0501. The second-order valence-electron chi connectivity index (χ2n) is 14.6. The monoisotopic (exact) mass is 906 g/mol. The van der Waals surface area contributed by atoms with Crippen LogP contribution in [0.1, 0.15) is 79.6 Å². The summed E-state index contributed by atoms with van der Waals surface area (Å²) in [4.78, 5) is 28.1. The molecule has 0 fully saturated rings. The Hall–Kier alpha value is -5.02. The van der Waals surface area contributed by atoms with Gasteiger partial charge in [0.15, 0.2) is 0 Å². The number of allylic oxidation sites excluding steroid dienone is 4. The number of benzene rings is 2. The molecular formula is C39H44BCl2F3N8O7S. The number of nitrogens with zero attached hydrogens (tertiary/aromatic N) is 4. The van der Waals surface area contributed by atoms with E-state index in [4.69, 9.17) is 33.2 Å². The Morgan fingerprint density at radius 2 is 1.31 bits per heavy atom. The lowest BCUT2D eigenvalue weighted by Crippen LogP contribution is -2.39. The smallest absolute Gasteiger partial charge is 0.423 e. The van der Waals surface area contributed by atoms with Gasteiger partial charge < -0.3 is 34.7 Å². The molecule has 4 aliphatic rings. The van der Waals surface area contributed by atoms with E-state index < -0.39 is 34.7 Å². The maximum atomic E-state index is 12.6. The number of aromatic nitrogens is 4. The number of amides is 4. The fourth-order valence-electron chi connectivity index (χ4n) is 7.08. The average molecular weight is 908 g/mol. The van der Waals surface area contributed by atoms with Crippen LogP contribution in [-0.2, 0) is 36.0 Å². The van der Waals surface area contributed by atoms with Gasteiger partial charge in [0.05, 0.1) is 24.3 Å². The van der Waals surface area contributed by atoms with Crippen LogP contribution in [0.3, 0.4) is 0 Å². The Labute approximate surface area is 360 Å². The molecular weight excluding hydrogens is 863 g/mol. The number of rotatable bonds is 6. The van der Waals surface area contributed by atoms with Gasteiger partial charge in [0.25, 0.3) is 5.88 Å². The lowest BCUT2D eigenvalue weighted by Gasteiger charge is -2.27. The summed E-state index contributed by atoms with van der Waals surface area (Å²) in [7, 11) is -7.06. The minimum absolute atomic E-state index is 0.0651. The molecule has 2 aromatic heterocycles. The van der Waals surface area contributed by atoms with Gasteiger partial charge >= 0.3 is 34.8 Å². The third-order valence-corrected chi connectivity index (χ3v) is 11.7. The molecule has 2 aliphatic carbocycles. The number of carbonyl (C=O) groups is 2. The van der Waals surface area contributed by atoms with Crippen molar-refractivity contribution in [3.63, 3.8) is 0 Å². The molecule has 2 aromatic carbocycles. The number of nitrogens with one attached hydrogen (secondary N) is 4. The molecule has 0 radical (unpaired) electrons. The first kappa shape index (κ1) is 45.5. The van der Waals surface area contributed by atoms with Crippen molar-refractivity contribution in [1.82, 2.24) is 30.2 Å². The number of anilines is 2. The van der Waals surface area contributed by atoms with E-state index in [-0.39, 0.29) is 31.1 Å². The fourth-order valence-corrected chi connectivity index (χ4v) is 7.91. The fraction of sp³-hybridized carbons (Fsp3) is 0.385. The minimum Gasteiger partial charge on any atom is -0.423 e. The first-order valence-corrected chi connectivity index (χ1v) is 21.7. The molecule has 4 amide bonds. The van der Waals surface area contributed by atoms with Crippen molar-refractivity contribution < 1.29 is 45.4 Å². The highest BCUT2D eigenvalue weighted by Crippen LogP contribution is 2.33. The van der Waals surface area contributed by atoms with Gasteiger partial charge in [-0.15, -0.1) is 5.10 Å². The summed E-state index contributed by atoms with van der Waals surface area (Å²) in [6.45, 7) is 1.33. The van der Waals surface area contributed by atoms with Crippen LogP contribution in [0.25, 0.3) is 5.57 Å². The molecule has 22 heteroatoms. The number of halogens is 5. The van der Waals surface area contributed by atoms with Gasteiger partial charge in [-0.2, -0.15) is 26.7 Å². The lowest BCUT2D eigenvalue weighted by atomic mass is 9.74. The molecule has 0 spiro atoms. The van der Waals surface area contributed by atoms with Crippen molar-refractivity contribution in [2.24, 2.45) is 0 Å². The van der Waals surface area contributed by atoms with E-state index in [2.05, 4.69) is 41.3 Å². The first-order chi connectivity index (χ1) is 29.1. The van der Waals surface area contributed by atoms with Crippen LogP contribution in [-0.4, -0.2) is 86.4 Å². The van der Waals surface area contributed by atoms with Crippen molar-refractivity contribution >= 4 is 69.4 Å². The number of urea groups is 2. The number of H-pyrrole nitrogens is 2. The Kier molecular flexibility index (Phi) is 15.1. The van der Waals surface area contributed by atoms with E-state index in [1.165, 1.54) is 41.4 Å². The van der Waals surface area contributed by atoms with Crippen LogP contribution in [0.4, 0.5) is 34.1 Å². The van der Waals surface area contributed by atoms with Gasteiger partial charge in [0.1, 0.15) is 0 Å². The molecule has 0 saturated carbocycles. The third kappa shape index (κ3) is 12.1. The van der Waals surface area contributed by atoms with Gasteiger partial charge in [0.2, 0.25) is 0 Å². The van der Waals surface area contributed by atoms with Gasteiger partial charge in [-0.1, -0.05) is 47.5 Å². The Morgan fingerprint density at radius 3 is 1.80 bits per heavy atom. The molecule has 326 valence electrons. The van der Waals surface area contributed by atoms with E-state index in [1.54, 1.807) is 30.3 Å². The average Bonchev–Trinajstić information content (AvgIpc) is 3.85. The summed E-state index contributed by atoms with van der Waals surface area (Å²) >= 11 is 11.8. The number of fused-ring (bicyclic) bond motifs is 2. The Bertz CT molecular complexity index is 2380. The van der Waals surface area contributed by atoms with Crippen LogP contribution in [0.15, 0.2) is 66.2 Å². The maximum absolute atomic E-state index is 12.6. The number of hydrogen-bond donors (Lipinski definition) is 6. The predicted molar refractivity (Wildman–Crippen MR) is 225 cm³/mol. The zero-order chi connectivity index (χ0) is 43.7. The van der Waals surface area contributed by atoms with Crippen molar-refractivity contribution in [1.29, 1.82) is 0 Å². The molecule has 2 aliphatic heterocycles. The summed E-state index contributed by atoms with van der Waals surface area (Å²) in [6, 6.07) is 13.0. The highest BCUT2D eigenvalue weighted by Gasteiger charge is 2.49. The quantitative estimate of drug-likeness (QED) is 0.0629. The Morgan fingerprint density at radius 1 is 0.770 bits per heavy atom. The van der Waals surface area contributed by atoms with E-state index in [0.29, 0.717) is 40.2 Å². The van der Waals surface area contributed by atoms with E-state index in [1.807, 2.05) is 23.1 Å². The standard InChI is InChI=1S/C19H21ClN4O.C14H12ClF3N4O4S.C6H11BO2/c20-14-7-4-8-15(11-14)21-19(25)24-10-9-17-16(12-24)18(23-22-17)13-5-2-1-3-6-13;15-8-2-1-3-9(6-8)19-13(23)22-5-4-11-10(7-22)12(21-20-11)26-27(24,25)14(16,17)18;8-7(9)6-4-2-1-3-5-6/h4-5,7-8,11H,1-3,6,9-10,12H2,(H,21,25)(H,22,23);1-3,6H,4-5,7H2,(H,19,23)(H,20,21);4,8-9H,1-3,5H2. The zero-order valence-corrected chi connectivity index (χ0v) is 35.1. The summed E-state index contributed by atoms with van der Waals surface area (Å²) < 4.78 is 64.0. The molecule has 8 rings (SSSR count). The van der Waals surface area contributed by atoms with Gasteiger partial charge in [0, 0.05) is 64.3 Å². The normalized spacial score (nSPS) is 16.2. The SMILES string of the molecule is O=C(Nc1cccc(Cl)c1)N1CCc2[nH]nc(C3=CCCCC3)c2C1.O=C(Nc1cccc(Cl)c1)N1CCc2[nH]nc(OS(=O)(=O)C(F)(F)F)c2C1.OB(O)C1=CCCCC1. The third-order valence-electron chi connectivity index (χ3n) is 10.3. The van der Waals surface area contributed by atoms with Crippen LogP contribution >= 0.6 is 23.2 Å². The molecule has 4 aromatic rings. The van der Waals surface area contributed by atoms with Gasteiger partial charge in [-0.05, 0) is 98.8 Å². The number of carbonyl (C=O) groups excluding carboxylic acids is 2. The molecule has 0 unspecified atom stereocenters. The van der Waals surface area contributed by atoms with E-state index in [0.717, 1.165) is 55.4 Å². The highest BCUT2D eigenvalue weighted by atomic mass is 35.5. The maximum Gasteiger partial charge on any atom is 0.534 e. The summed E-state index contributed by atoms with van der Waals surface area (Å²) in [6.07, 6.45) is 14.1. The first-order valence-electron chi connectivity index (χ1n) is 19.6. The van der Waals surface area contributed by atoms with Crippen molar-refractivity contribution in [3.8, 4) is 5.88 Å². The summed E-state index contributed by atoms with van der Waals surface area (Å²) in [5.41, 5.74) is 1.51. The van der Waals surface area contributed by atoms with Crippen LogP contribution < -0.4 is 14.8 Å². The van der Waals surface area contributed by atoms with Crippen molar-refractivity contribution in [3.05, 3.63) is 104 Å². The predicted octanol–water partition coefficient (Wildman–Crippen LogP) is 7.99. The largest absolute Gasteiger partial charge is 0.534 e. The molecule has 4 heterocycles. The van der Waals surface area contributed by atoms with E-state index >= 15 is 0 Å². The molecule has 61 heavy (non-hydrogen) atoms. The summed E-state index contributed by atoms with van der Waals surface area (Å²) in [5.74, 6) is -0.734. The second kappa shape index (κ2) is 20.2. The molecule has 0 saturated heterocycles.